The first-order valence-electron chi connectivity index (χ1n) is 7.75. The molecule has 1 aromatic rings. The molecule has 0 spiro atoms. The van der Waals surface area contributed by atoms with E-state index < -0.39 is 26.5 Å². The van der Waals surface area contributed by atoms with Crippen LogP contribution in [0.2, 0.25) is 18.1 Å². The fourth-order valence-electron chi connectivity index (χ4n) is 1.97. The van der Waals surface area contributed by atoms with Gasteiger partial charge < -0.3 is 24.1 Å². The van der Waals surface area contributed by atoms with Crippen LogP contribution in [0.4, 0.5) is 0 Å². The summed E-state index contributed by atoms with van der Waals surface area (Å²) >= 11 is 0. The fourth-order valence-corrected chi connectivity index (χ4v) is 3.00. The third-order valence-corrected chi connectivity index (χ3v) is 8.85. The highest BCUT2D eigenvalue weighted by molar-refractivity contribution is 6.74. The van der Waals surface area contributed by atoms with Crippen LogP contribution in [0.25, 0.3) is 0 Å². The van der Waals surface area contributed by atoms with E-state index in [-0.39, 0.29) is 5.04 Å². The van der Waals surface area contributed by atoms with Gasteiger partial charge in [-0.05, 0) is 30.3 Å². The summed E-state index contributed by atoms with van der Waals surface area (Å²) in [6, 6.07) is 5.00. The summed E-state index contributed by atoms with van der Waals surface area (Å²) in [5.41, 5.74) is 0.342. The van der Waals surface area contributed by atoms with Crippen LogP contribution in [0.15, 0.2) is 18.2 Å². The molecule has 2 N–H and O–H groups in total. The second-order valence-electron chi connectivity index (χ2n) is 7.21. The van der Waals surface area contributed by atoms with Crippen molar-refractivity contribution in [2.24, 2.45) is 0 Å². The molecule has 1 rings (SSSR count). The van der Waals surface area contributed by atoms with E-state index in [4.69, 9.17) is 19.0 Å². The molecule has 2 unspecified atom stereocenters. The Bertz CT molecular complexity index is 579. The van der Waals surface area contributed by atoms with Crippen LogP contribution in [0.1, 0.15) is 32.4 Å². The van der Waals surface area contributed by atoms with Crippen molar-refractivity contribution in [2.45, 2.75) is 51.1 Å². The molecule has 0 aliphatic heterocycles. The van der Waals surface area contributed by atoms with Crippen LogP contribution in [0.3, 0.4) is 0 Å². The van der Waals surface area contributed by atoms with E-state index in [2.05, 4.69) is 33.9 Å². The monoisotopic (exact) mass is 356 g/mol. The third kappa shape index (κ3) is 4.49. The van der Waals surface area contributed by atoms with Crippen molar-refractivity contribution in [1.82, 2.24) is 0 Å². The summed E-state index contributed by atoms with van der Waals surface area (Å²) in [5, 5.41) is 19.5. The highest BCUT2D eigenvalue weighted by Crippen LogP contribution is 2.39. The highest BCUT2D eigenvalue weighted by Gasteiger charge is 2.39. The number of aliphatic carboxylic acids is 1. The molecular formula is C17H28O6Si. The minimum absolute atomic E-state index is 0.0445. The standard InChI is InChI=1S/C17H28O6Si/c1-17(2,3)24(6,7)23-11-8-9-12(13(10-11)21-4)14(18)15(22-5)16(19)20/h8-10,14-15,18H,1-7H3,(H,19,20). The predicted octanol–water partition coefficient (Wildman–Crippen LogP) is 3.21. The second-order valence-corrected chi connectivity index (χ2v) is 11.9. The Balaban J connectivity index is 3.16. The molecular weight excluding hydrogens is 328 g/mol. The maximum Gasteiger partial charge on any atom is 0.335 e. The van der Waals surface area contributed by atoms with Gasteiger partial charge in [-0.2, -0.15) is 0 Å². The third-order valence-electron chi connectivity index (χ3n) is 4.49. The minimum atomic E-state index is -2.01. The van der Waals surface area contributed by atoms with E-state index in [1.165, 1.54) is 14.2 Å². The molecule has 0 saturated carbocycles. The lowest BCUT2D eigenvalue weighted by Crippen LogP contribution is -2.43. The quantitative estimate of drug-likeness (QED) is 0.730. The lowest BCUT2D eigenvalue weighted by atomic mass is 10.0. The Morgan fingerprint density at radius 2 is 1.79 bits per heavy atom. The van der Waals surface area contributed by atoms with Crippen molar-refractivity contribution in [3.05, 3.63) is 23.8 Å². The summed E-state index contributed by atoms with van der Waals surface area (Å²) in [5.74, 6) is -0.241. The molecule has 0 aliphatic carbocycles. The van der Waals surface area contributed by atoms with Crippen molar-refractivity contribution >= 4 is 14.3 Å². The number of benzene rings is 1. The summed E-state index contributed by atoms with van der Waals surface area (Å²) in [6.45, 7) is 10.7. The Morgan fingerprint density at radius 1 is 1.21 bits per heavy atom. The van der Waals surface area contributed by atoms with E-state index in [0.29, 0.717) is 17.1 Å². The summed E-state index contributed by atoms with van der Waals surface area (Å²) in [4.78, 5) is 11.2. The van der Waals surface area contributed by atoms with E-state index in [1.54, 1.807) is 18.2 Å². The summed E-state index contributed by atoms with van der Waals surface area (Å²) < 4.78 is 16.4. The van der Waals surface area contributed by atoms with Gasteiger partial charge in [-0.15, -0.1) is 0 Å². The molecule has 1 aromatic carbocycles. The van der Waals surface area contributed by atoms with Crippen molar-refractivity contribution in [1.29, 1.82) is 0 Å². The van der Waals surface area contributed by atoms with Gasteiger partial charge in [0.2, 0.25) is 8.32 Å². The van der Waals surface area contributed by atoms with E-state index >= 15 is 0 Å². The van der Waals surface area contributed by atoms with Gasteiger partial charge in [-0.3, -0.25) is 0 Å². The van der Waals surface area contributed by atoms with Gasteiger partial charge in [0.05, 0.1) is 7.11 Å². The van der Waals surface area contributed by atoms with Crippen molar-refractivity contribution in [3.8, 4) is 11.5 Å². The molecule has 136 valence electrons. The van der Waals surface area contributed by atoms with Gasteiger partial charge in [0, 0.05) is 18.7 Å². The predicted molar refractivity (Wildman–Crippen MR) is 94.2 cm³/mol. The second kappa shape index (κ2) is 7.54. The van der Waals surface area contributed by atoms with Crippen molar-refractivity contribution in [3.63, 3.8) is 0 Å². The molecule has 0 bridgehead atoms. The Hall–Kier alpha value is -1.57. The van der Waals surface area contributed by atoms with E-state index in [0.717, 1.165) is 0 Å². The van der Waals surface area contributed by atoms with Crippen LogP contribution in [0, 0.1) is 0 Å². The summed E-state index contributed by atoms with van der Waals surface area (Å²) in [7, 11) is 0.693. The normalized spacial score (nSPS) is 14.8. The number of carbonyl (C=O) groups is 1. The zero-order valence-corrected chi connectivity index (χ0v) is 16.4. The molecule has 7 heteroatoms. The number of hydrogen-bond acceptors (Lipinski definition) is 5. The van der Waals surface area contributed by atoms with E-state index in [9.17, 15) is 9.90 Å². The van der Waals surface area contributed by atoms with Crippen molar-refractivity contribution < 1.29 is 28.9 Å². The van der Waals surface area contributed by atoms with Crippen LogP contribution >= 0.6 is 0 Å². The molecule has 0 radical (unpaired) electrons. The van der Waals surface area contributed by atoms with Gasteiger partial charge in [0.25, 0.3) is 0 Å². The lowest BCUT2D eigenvalue weighted by molar-refractivity contribution is -0.156. The number of methoxy groups -OCH3 is 2. The van der Waals surface area contributed by atoms with Crippen molar-refractivity contribution in [2.75, 3.05) is 14.2 Å². The highest BCUT2D eigenvalue weighted by atomic mass is 28.4. The number of rotatable bonds is 7. The number of carboxylic acids is 1. The first-order chi connectivity index (χ1) is 10.9. The molecule has 0 amide bonds. The zero-order valence-electron chi connectivity index (χ0n) is 15.4. The number of carboxylic acid groups (broad SMARTS) is 1. The maximum atomic E-state index is 11.2. The smallest absolute Gasteiger partial charge is 0.335 e. The first-order valence-corrected chi connectivity index (χ1v) is 10.7. The fraction of sp³-hybridized carbons (Fsp3) is 0.588. The molecule has 0 aromatic heterocycles. The molecule has 0 saturated heterocycles. The average molecular weight is 356 g/mol. The topological polar surface area (TPSA) is 85.2 Å². The Kier molecular flexibility index (Phi) is 6.43. The molecule has 0 heterocycles. The number of aliphatic hydroxyl groups is 1. The Labute approximate surface area is 144 Å². The van der Waals surface area contributed by atoms with E-state index in [1.807, 2.05) is 0 Å². The lowest BCUT2D eigenvalue weighted by Gasteiger charge is -2.36. The average Bonchev–Trinajstić information content (AvgIpc) is 2.45. The van der Waals surface area contributed by atoms with Gasteiger partial charge in [0.15, 0.2) is 6.10 Å². The number of aliphatic hydroxyl groups excluding tert-OH is 1. The van der Waals surface area contributed by atoms with Gasteiger partial charge in [-0.25, -0.2) is 4.79 Å². The van der Waals surface area contributed by atoms with Crippen LogP contribution in [-0.2, 0) is 9.53 Å². The van der Waals surface area contributed by atoms with Crippen LogP contribution < -0.4 is 9.16 Å². The van der Waals surface area contributed by atoms with Gasteiger partial charge >= 0.3 is 5.97 Å². The molecule has 6 nitrogen and oxygen atoms in total. The minimum Gasteiger partial charge on any atom is -0.543 e. The maximum absolute atomic E-state index is 11.2. The molecule has 0 aliphatic rings. The molecule has 24 heavy (non-hydrogen) atoms. The van der Waals surface area contributed by atoms with Gasteiger partial charge in [-0.1, -0.05) is 20.8 Å². The summed E-state index contributed by atoms with van der Waals surface area (Å²) in [6.07, 6.45) is -2.71. The molecule has 0 fully saturated rings. The van der Waals surface area contributed by atoms with Crippen LogP contribution in [-0.4, -0.2) is 44.8 Å². The largest absolute Gasteiger partial charge is 0.543 e. The molecule has 2 atom stereocenters. The zero-order chi connectivity index (χ0) is 18.7. The Morgan fingerprint density at radius 3 is 2.21 bits per heavy atom. The van der Waals surface area contributed by atoms with Crippen LogP contribution in [0.5, 0.6) is 11.5 Å². The number of ether oxygens (including phenoxy) is 2. The SMILES string of the molecule is COc1cc(O[Si](C)(C)C(C)(C)C)ccc1C(O)C(OC)C(=O)O. The van der Waals surface area contributed by atoms with Gasteiger partial charge in [0.1, 0.15) is 17.6 Å². The number of hydrogen-bond donors (Lipinski definition) is 2. The first kappa shape index (κ1) is 20.5.